The van der Waals surface area contributed by atoms with Crippen LogP contribution in [0.1, 0.15) is 5.69 Å². The summed E-state index contributed by atoms with van der Waals surface area (Å²) in [5.74, 6) is 2.26. The number of nitrogens with two attached hydrogens (primary N) is 1. The van der Waals surface area contributed by atoms with Gasteiger partial charge in [-0.25, -0.2) is 4.98 Å². The predicted octanol–water partition coefficient (Wildman–Crippen LogP) is 1.60. The summed E-state index contributed by atoms with van der Waals surface area (Å²) in [6.45, 7) is 0.600. The number of methoxy groups -OCH3 is 2. The van der Waals surface area contributed by atoms with Crippen molar-refractivity contribution < 1.29 is 9.47 Å². The van der Waals surface area contributed by atoms with Crippen LogP contribution in [0.2, 0.25) is 0 Å². The van der Waals surface area contributed by atoms with E-state index in [0.717, 1.165) is 35.0 Å². The molecule has 5 heteroatoms. The van der Waals surface area contributed by atoms with Crippen molar-refractivity contribution in [3.05, 3.63) is 30.1 Å². The second kappa shape index (κ2) is 5.55. The number of rotatable bonds is 5. The minimum absolute atomic E-state index is 0.600. The maximum Gasteiger partial charge on any atom is 0.137 e. The Labute approximate surface area is 106 Å². The van der Waals surface area contributed by atoms with Crippen LogP contribution in [0.5, 0.6) is 11.5 Å². The van der Waals surface area contributed by atoms with E-state index < -0.39 is 0 Å². The molecule has 0 aliphatic carbocycles. The van der Waals surface area contributed by atoms with E-state index in [1.54, 1.807) is 20.4 Å². The fourth-order valence-electron chi connectivity index (χ4n) is 1.73. The van der Waals surface area contributed by atoms with Gasteiger partial charge >= 0.3 is 0 Å². The number of ether oxygens (including phenoxy) is 2. The highest BCUT2D eigenvalue weighted by molar-refractivity contribution is 5.61. The molecular formula is C13H17N3O2. The van der Waals surface area contributed by atoms with E-state index in [4.69, 9.17) is 15.2 Å². The van der Waals surface area contributed by atoms with Crippen molar-refractivity contribution in [3.8, 4) is 22.9 Å². The Balaban J connectivity index is 2.35. The summed E-state index contributed by atoms with van der Waals surface area (Å²) in [7, 11) is 3.25. The van der Waals surface area contributed by atoms with Crippen LogP contribution in [0.4, 0.5) is 0 Å². The van der Waals surface area contributed by atoms with Gasteiger partial charge in [0.05, 0.1) is 14.2 Å². The number of aromatic nitrogens is 2. The Kier molecular flexibility index (Phi) is 3.84. The molecule has 0 atom stereocenters. The SMILES string of the molecule is COc1cc(OC)cc(-c2ncc(CCN)[nH]2)c1. The van der Waals surface area contributed by atoms with Crippen LogP contribution in [0.15, 0.2) is 24.4 Å². The van der Waals surface area contributed by atoms with E-state index in [-0.39, 0.29) is 0 Å². The van der Waals surface area contributed by atoms with Crippen LogP contribution in [-0.2, 0) is 6.42 Å². The molecule has 2 aromatic rings. The minimum atomic E-state index is 0.600. The van der Waals surface area contributed by atoms with Crippen molar-refractivity contribution in [1.29, 1.82) is 0 Å². The van der Waals surface area contributed by atoms with Gasteiger partial charge in [-0.15, -0.1) is 0 Å². The lowest BCUT2D eigenvalue weighted by atomic mass is 10.2. The molecule has 0 saturated heterocycles. The quantitative estimate of drug-likeness (QED) is 0.841. The van der Waals surface area contributed by atoms with Gasteiger partial charge in [0.15, 0.2) is 0 Å². The van der Waals surface area contributed by atoms with Gasteiger partial charge in [0, 0.05) is 29.9 Å². The summed E-state index contributed by atoms with van der Waals surface area (Å²) < 4.78 is 10.5. The van der Waals surface area contributed by atoms with Gasteiger partial charge < -0.3 is 20.2 Å². The molecule has 0 fully saturated rings. The number of aromatic amines is 1. The molecule has 0 spiro atoms. The normalized spacial score (nSPS) is 10.4. The molecule has 1 heterocycles. The molecule has 0 unspecified atom stereocenters. The maximum absolute atomic E-state index is 5.51. The van der Waals surface area contributed by atoms with Crippen LogP contribution in [0, 0.1) is 0 Å². The zero-order chi connectivity index (χ0) is 13.0. The lowest BCUT2D eigenvalue weighted by Crippen LogP contribution is -2.02. The molecule has 0 aliphatic rings. The number of hydrogen-bond acceptors (Lipinski definition) is 4. The molecule has 1 aromatic carbocycles. The second-order valence-electron chi connectivity index (χ2n) is 3.90. The van der Waals surface area contributed by atoms with Gasteiger partial charge in [-0.1, -0.05) is 0 Å². The van der Waals surface area contributed by atoms with Gasteiger partial charge in [-0.2, -0.15) is 0 Å². The highest BCUT2D eigenvalue weighted by atomic mass is 16.5. The molecular weight excluding hydrogens is 230 g/mol. The summed E-state index contributed by atoms with van der Waals surface area (Å²) in [6.07, 6.45) is 2.59. The number of nitrogens with one attached hydrogen (secondary N) is 1. The molecule has 18 heavy (non-hydrogen) atoms. The standard InChI is InChI=1S/C13H17N3O2/c1-17-11-5-9(6-12(7-11)18-2)13-15-8-10(16-13)3-4-14/h5-8H,3-4,14H2,1-2H3,(H,15,16). The highest BCUT2D eigenvalue weighted by Crippen LogP contribution is 2.28. The fraction of sp³-hybridized carbons (Fsp3) is 0.308. The maximum atomic E-state index is 5.51. The van der Waals surface area contributed by atoms with Crippen LogP contribution in [-0.4, -0.2) is 30.7 Å². The molecule has 0 radical (unpaired) electrons. The smallest absolute Gasteiger partial charge is 0.137 e. The van der Waals surface area contributed by atoms with Crippen LogP contribution in [0.3, 0.4) is 0 Å². The van der Waals surface area contributed by atoms with Gasteiger partial charge in [0.1, 0.15) is 17.3 Å². The van der Waals surface area contributed by atoms with Crippen molar-refractivity contribution in [3.63, 3.8) is 0 Å². The Morgan fingerprint density at radius 3 is 2.39 bits per heavy atom. The topological polar surface area (TPSA) is 73.2 Å². The third-order valence-corrected chi connectivity index (χ3v) is 2.67. The summed E-state index contributed by atoms with van der Waals surface area (Å²) in [4.78, 5) is 7.56. The van der Waals surface area contributed by atoms with E-state index >= 15 is 0 Å². The number of H-pyrrole nitrogens is 1. The predicted molar refractivity (Wildman–Crippen MR) is 69.9 cm³/mol. The van der Waals surface area contributed by atoms with E-state index in [1.807, 2.05) is 18.2 Å². The van der Waals surface area contributed by atoms with Crippen molar-refractivity contribution >= 4 is 0 Å². The Bertz CT molecular complexity index is 500. The van der Waals surface area contributed by atoms with Crippen LogP contribution < -0.4 is 15.2 Å². The second-order valence-corrected chi connectivity index (χ2v) is 3.90. The Hall–Kier alpha value is -2.01. The molecule has 0 amide bonds. The summed E-state index contributed by atoms with van der Waals surface area (Å²) in [5, 5.41) is 0. The Morgan fingerprint density at radius 1 is 1.17 bits per heavy atom. The summed E-state index contributed by atoms with van der Waals surface area (Å²) in [6, 6.07) is 5.65. The van der Waals surface area contributed by atoms with E-state index in [2.05, 4.69) is 9.97 Å². The van der Waals surface area contributed by atoms with E-state index in [1.165, 1.54) is 0 Å². The van der Waals surface area contributed by atoms with Gasteiger partial charge in [-0.3, -0.25) is 0 Å². The van der Waals surface area contributed by atoms with Gasteiger partial charge in [0.25, 0.3) is 0 Å². The monoisotopic (exact) mass is 247 g/mol. The average Bonchev–Trinajstić information content (AvgIpc) is 2.87. The first-order valence-corrected chi connectivity index (χ1v) is 5.74. The van der Waals surface area contributed by atoms with Crippen molar-refractivity contribution in [2.24, 2.45) is 5.73 Å². The minimum Gasteiger partial charge on any atom is -0.497 e. The third-order valence-electron chi connectivity index (χ3n) is 2.67. The molecule has 1 aromatic heterocycles. The highest BCUT2D eigenvalue weighted by Gasteiger charge is 2.07. The van der Waals surface area contributed by atoms with Crippen LogP contribution >= 0.6 is 0 Å². The number of benzene rings is 1. The van der Waals surface area contributed by atoms with Crippen molar-refractivity contribution in [1.82, 2.24) is 9.97 Å². The molecule has 0 aliphatic heterocycles. The fourth-order valence-corrected chi connectivity index (χ4v) is 1.73. The molecule has 3 N–H and O–H groups in total. The van der Waals surface area contributed by atoms with E-state index in [9.17, 15) is 0 Å². The first-order valence-electron chi connectivity index (χ1n) is 5.74. The summed E-state index contributed by atoms with van der Waals surface area (Å²) in [5.41, 5.74) is 7.46. The van der Waals surface area contributed by atoms with Gasteiger partial charge in [0.2, 0.25) is 0 Å². The lowest BCUT2D eigenvalue weighted by Gasteiger charge is -2.06. The molecule has 2 rings (SSSR count). The first kappa shape index (κ1) is 12.4. The first-order chi connectivity index (χ1) is 8.76. The number of imidazole rings is 1. The Morgan fingerprint density at radius 2 is 1.83 bits per heavy atom. The largest absolute Gasteiger partial charge is 0.497 e. The van der Waals surface area contributed by atoms with Crippen LogP contribution in [0.25, 0.3) is 11.4 Å². The lowest BCUT2D eigenvalue weighted by molar-refractivity contribution is 0.394. The van der Waals surface area contributed by atoms with E-state index in [0.29, 0.717) is 6.54 Å². The number of nitrogens with zero attached hydrogens (tertiary/aromatic N) is 1. The zero-order valence-corrected chi connectivity index (χ0v) is 10.6. The number of hydrogen-bond donors (Lipinski definition) is 2. The zero-order valence-electron chi connectivity index (χ0n) is 10.6. The molecule has 0 bridgehead atoms. The van der Waals surface area contributed by atoms with Gasteiger partial charge in [-0.05, 0) is 18.7 Å². The summed E-state index contributed by atoms with van der Waals surface area (Å²) >= 11 is 0. The molecule has 96 valence electrons. The van der Waals surface area contributed by atoms with Crippen molar-refractivity contribution in [2.75, 3.05) is 20.8 Å². The molecule has 0 saturated carbocycles. The van der Waals surface area contributed by atoms with Crippen molar-refractivity contribution in [2.45, 2.75) is 6.42 Å². The molecule has 5 nitrogen and oxygen atoms in total. The third kappa shape index (κ3) is 2.62. The average molecular weight is 247 g/mol.